The summed E-state index contributed by atoms with van der Waals surface area (Å²) < 4.78 is 17.6. The van der Waals surface area contributed by atoms with E-state index in [1.807, 2.05) is 64.1 Å². The average Bonchev–Trinajstić information content (AvgIpc) is 2.92. The van der Waals surface area contributed by atoms with Crippen LogP contribution >= 0.6 is 0 Å². The van der Waals surface area contributed by atoms with E-state index >= 15 is 0 Å². The number of nitriles is 1. The molecule has 0 amide bonds. The Morgan fingerprint density at radius 3 is 2.40 bits per heavy atom. The Hall–Kier alpha value is -5.17. The van der Waals surface area contributed by atoms with E-state index in [-0.39, 0.29) is 35.4 Å². The standard InChI is InChI=1S/C30H29N5O5/c1-5-38-22-12-9-13-23(17-22)39-28-26(35(36)37)27(32-19-20-10-7-6-8-11-20)33-29(34-28)40-25-16-21(18-31)14-15-24(25)30(2,3)4/h6-17H,5,19H2,1-4H3,(H,32,33,34). The van der Waals surface area contributed by atoms with Crippen molar-refractivity contribution in [2.75, 3.05) is 11.9 Å². The zero-order valence-electron chi connectivity index (χ0n) is 22.7. The Bertz CT molecular complexity index is 1540. The van der Waals surface area contributed by atoms with Crippen LogP contribution < -0.4 is 19.5 Å². The largest absolute Gasteiger partial charge is 0.494 e. The van der Waals surface area contributed by atoms with Crippen LogP contribution in [0.2, 0.25) is 0 Å². The minimum absolute atomic E-state index is 0.0800. The van der Waals surface area contributed by atoms with Crippen molar-refractivity contribution in [2.24, 2.45) is 0 Å². The van der Waals surface area contributed by atoms with Gasteiger partial charge < -0.3 is 19.5 Å². The molecule has 0 aliphatic heterocycles. The molecule has 10 heteroatoms. The first kappa shape index (κ1) is 27.9. The second kappa shape index (κ2) is 12.1. The highest BCUT2D eigenvalue weighted by Crippen LogP contribution is 2.40. The normalized spacial score (nSPS) is 10.9. The molecule has 0 radical (unpaired) electrons. The van der Waals surface area contributed by atoms with Crippen LogP contribution in [0.25, 0.3) is 0 Å². The van der Waals surface area contributed by atoms with Gasteiger partial charge in [-0.1, -0.05) is 63.2 Å². The van der Waals surface area contributed by atoms with Crippen LogP contribution in [0.3, 0.4) is 0 Å². The number of nitrogens with one attached hydrogen (secondary N) is 1. The van der Waals surface area contributed by atoms with Crippen molar-refractivity contribution in [1.29, 1.82) is 5.26 Å². The summed E-state index contributed by atoms with van der Waals surface area (Å²) >= 11 is 0. The van der Waals surface area contributed by atoms with Crippen LogP contribution in [-0.4, -0.2) is 21.5 Å². The van der Waals surface area contributed by atoms with Crippen molar-refractivity contribution in [3.8, 4) is 35.2 Å². The Balaban J connectivity index is 1.81. The molecule has 1 heterocycles. The van der Waals surface area contributed by atoms with Gasteiger partial charge in [-0.05, 0) is 42.2 Å². The van der Waals surface area contributed by atoms with Gasteiger partial charge in [-0.3, -0.25) is 10.1 Å². The average molecular weight is 540 g/mol. The van der Waals surface area contributed by atoms with Gasteiger partial charge >= 0.3 is 17.6 Å². The number of rotatable bonds is 10. The molecular weight excluding hydrogens is 510 g/mol. The molecule has 0 unspecified atom stereocenters. The zero-order chi connectivity index (χ0) is 28.7. The predicted octanol–water partition coefficient (Wildman–Crippen LogP) is 7.15. The smallest absolute Gasteiger partial charge is 0.373 e. The molecule has 1 N–H and O–H groups in total. The van der Waals surface area contributed by atoms with Gasteiger partial charge in [-0.25, -0.2) is 0 Å². The molecule has 0 fully saturated rings. The van der Waals surface area contributed by atoms with Crippen LogP contribution in [0.1, 0.15) is 44.4 Å². The van der Waals surface area contributed by atoms with Crippen molar-refractivity contribution < 1.29 is 19.1 Å². The SMILES string of the molecule is CCOc1cccc(Oc2nc(Oc3cc(C#N)ccc3C(C)(C)C)nc(NCc3ccccc3)c2[N+](=O)[O-])c1. The molecule has 0 atom stereocenters. The summed E-state index contributed by atoms with van der Waals surface area (Å²) in [6.07, 6.45) is 0. The number of anilines is 1. The second-order valence-electron chi connectivity index (χ2n) is 9.79. The third-order valence-electron chi connectivity index (χ3n) is 5.77. The third-order valence-corrected chi connectivity index (χ3v) is 5.77. The lowest BCUT2D eigenvalue weighted by molar-refractivity contribution is -0.385. The number of nitrogens with zero attached hydrogens (tertiary/aromatic N) is 4. The lowest BCUT2D eigenvalue weighted by atomic mass is 9.86. The number of aromatic nitrogens is 2. The van der Waals surface area contributed by atoms with Gasteiger partial charge in [-0.15, -0.1) is 0 Å². The van der Waals surface area contributed by atoms with Crippen molar-refractivity contribution in [1.82, 2.24) is 9.97 Å². The summed E-state index contributed by atoms with van der Waals surface area (Å²) in [5, 5.41) is 24.7. The lowest BCUT2D eigenvalue weighted by Gasteiger charge is -2.22. The maximum absolute atomic E-state index is 12.3. The van der Waals surface area contributed by atoms with Gasteiger partial charge in [0.05, 0.1) is 23.2 Å². The molecule has 204 valence electrons. The molecule has 4 rings (SSSR count). The second-order valence-corrected chi connectivity index (χ2v) is 9.79. The fraction of sp³-hybridized carbons (Fsp3) is 0.233. The third kappa shape index (κ3) is 6.82. The van der Waals surface area contributed by atoms with E-state index in [9.17, 15) is 15.4 Å². The first-order valence-electron chi connectivity index (χ1n) is 12.7. The molecule has 0 spiro atoms. The first-order chi connectivity index (χ1) is 19.2. The van der Waals surface area contributed by atoms with E-state index in [1.165, 1.54) is 0 Å². The Labute approximate surface area is 232 Å². The summed E-state index contributed by atoms with van der Waals surface area (Å²) in [5.41, 5.74) is 1.29. The molecule has 0 bridgehead atoms. The number of hydrogen-bond donors (Lipinski definition) is 1. The quantitative estimate of drug-likeness (QED) is 0.165. The van der Waals surface area contributed by atoms with Gasteiger partial charge in [0.1, 0.15) is 17.2 Å². The summed E-state index contributed by atoms with van der Waals surface area (Å²) in [4.78, 5) is 20.3. The highest BCUT2D eigenvalue weighted by Gasteiger charge is 2.29. The molecule has 0 saturated heterocycles. The highest BCUT2D eigenvalue weighted by atomic mass is 16.6. The fourth-order valence-electron chi connectivity index (χ4n) is 3.90. The maximum atomic E-state index is 12.3. The van der Waals surface area contributed by atoms with Gasteiger partial charge in [0.15, 0.2) is 0 Å². The maximum Gasteiger partial charge on any atom is 0.373 e. The first-order valence-corrected chi connectivity index (χ1v) is 12.7. The minimum Gasteiger partial charge on any atom is -0.494 e. The molecule has 1 aromatic heterocycles. The summed E-state index contributed by atoms with van der Waals surface area (Å²) in [6.45, 7) is 8.57. The van der Waals surface area contributed by atoms with Crippen molar-refractivity contribution in [2.45, 2.75) is 39.7 Å². The molecule has 0 aliphatic rings. The zero-order valence-corrected chi connectivity index (χ0v) is 22.7. The van der Waals surface area contributed by atoms with Gasteiger partial charge in [0, 0.05) is 18.2 Å². The number of hydrogen-bond acceptors (Lipinski definition) is 9. The van der Waals surface area contributed by atoms with Crippen molar-refractivity contribution >= 4 is 11.5 Å². The summed E-state index contributed by atoms with van der Waals surface area (Å²) in [6, 6.07) is 23.1. The van der Waals surface area contributed by atoms with E-state index < -0.39 is 10.6 Å². The number of ether oxygens (including phenoxy) is 3. The molecule has 0 saturated carbocycles. The van der Waals surface area contributed by atoms with Crippen molar-refractivity contribution in [3.63, 3.8) is 0 Å². The van der Waals surface area contributed by atoms with E-state index in [4.69, 9.17) is 14.2 Å². The van der Waals surface area contributed by atoms with Gasteiger partial charge in [-0.2, -0.15) is 15.2 Å². The van der Waals surface area contributed by atoms with Crippen LogP contribution in [-0.2, 0) is 12.0 Å². The molecule has 40 heavy (non-hydrogen) atoms. The fourth-order valence-corrected chi connectivity index (χ4v) is 3.90. The Morgan fingerprint density at radius 2 is 1.73 bits per heavy atom. The summed E-state index contributed by atoms with van der Waals surface area (Å²) in [5.74, 6) is 0.795. The van der Waals surface area contributed by atoms with Gasteiger partial charge in [0.25, 0.3) is 0 Å². The van der Waals surface area contributed by atoms with E-state index in [0.717, 1.165) is 11.1 Å². The van der Waals surface area contributed by atoms with Crippen LogP contribution in [0.15, 0.2) is 72.8 Å². The van der Waals surface area contributed by atoms with E-state index in [1.54, 1.807) is 36.4 Å². The number of nitro groups is 1. The van der Waals surface area contributed by atoms with E-state index in [0.29, 0.717) is 23.7 Å². The highest BCUT2D eigenvalue weighted by molar-refractivity contribution is 5.63. The molecular formula is C30H29N5O5. The van der Waals surface area contributed by atoms with Crippen LogP contribution in [0.4, 0.5) is 11.5 Å². The Morgan fingerprint density at radius 1 is 0.975 bits per heavy atom. The van der Waals surface area contributed by atoms with Crippen molar-refractivity contribution in [3.05, 3.63) is 99.6 Å². The molecule has 3 aromatic carbocycles. The van der Waals surface area contributed by atoms with Crippen LogP contribution in [0.5, 0.6) is 29.1 Å². The van der Waals surface area contributed by atoms with E-state index in [2.05, 4.69) is 21.4 Å². The molecule has 4 aromatic rings. The molecule has 0 aliphatic carbocycles. The van der Waals surface area contributed by atoms with Crippen LogP contribution in [0, 0.1) is 21.4 Å². The monoisotopic (exact) mass is 539 g/mol. The minimum atomic E-state index is -0.601. The Kier molecular flexibility index (Phi) is 8.45. The predicted molar refractivity (Wildman–Crippen MR) is 150 cm³/mol. The number of benzene rings is 3. The summed E-state index contributed by atoms with van der Waals surface area (Å²) in [7, 11) is 0. The topological polar surface area (TPSA) is 132 Å². The lowest BCUT2D eigenvalue weighted by Crippen LogP contribution is -2.13. The molecule has 10 nitrogen and oxygen atoms in total. The van der Waals surface area contributed by atoms with Gasteiger partial charge in [0.2, 0.25) is 5.82 Å².